The number of aromatic nitrogens is 1. The van der Waals surface area contributed by atoms with E-state index in [-0.39, 0.29) is 6.61 Å². The Hall–Kier alpha value is -3.47. The number of methoxy groups -OCH3 is 1. The third-order valence-electron chi connectivity index (χ3n) is 6.43. The maximum Gasteiger partial charge on any atom is 0.337 e. The molecule has 40 heavy (non-hydrogen) atoms. The van der Waals surface area contributed by atoms with Gasteiger partial charge >= 0.3 is 5.97 Å². The van der Waals surface area contributed by atoms with Gasteiger partial charge in [0.15, 0.2) is 0 Å². The van der Waals surface area contributed by atoms with Gasteiger partial charge in [-0.15, -0.1) is 0 Å². The molecule has 6 nitrogen and oxygen atoms in total. The normalized spacial score (nSPS) is 12.5. The van der Waals surface area contributed by atoms with Crippen LogP contribution in [0.3, 0.4) is 0 Å². The topological polar surface area (TPSA) is 73.6 Å². The van der Waals surface area contributed by atoms with E-state index in [4.69, 9.17) is 48.8 Å². The van der Waals surface area contributed by atoms with Crippen LogP contribution in [-0.2, 0) is 17.9 Å². The number of esters is 1. The van der Waals surface area contributed by atoms with Crippen LogP contribution >= 0.6 is 34.8 Å². The largest absolute Gasteiger partial charge is 0.489 e. The number of nitrogens with one attached hydrogen (secondary N) is 1. The summed E-state index contributed by atoms with van der Waals surface area (Å²) in [6, 6.07) is 16.0. The maximum absolute atomic E-state index is 12.1. The van der Waals surface area contributed by atoms with Crippen LogP contribution in [0.2, 0.25) is 15.1 Å². The second kappa shape index (κ2) is 12.4. The Labute approximate surface area is 247 Å². The smallest absolute Gasteiger partial charge is 0.337 e. The number of hydrogen-bond acceptors (Lipinski definition) is 6. The number of rotatable bonds is 8. The van der Waals surface area contributed by atoms with Gasteiger partial charge in [-0.05, 0) is 67.9 Å². The Kier molecular flexibility index (Phi) is 8.68. The van der Waals surface area contributed by atoms with E-state index in [1.54, 1.807) is 48.5 Å². The average Bonchev–Trinajstić information content (AvgIpc) is 3.71. The summed E-state index contributed by atoms with van der Waals surface area (Å²) in [5.41, 5.74) is 4.68. The summed E-state index contributed by atoms with van der Waals surface area (Å²) in [5.74, 6) is 7.45. The van der Waals surface area contributed by atoms with Crippen LogP contribution in [0.15, 0.2) is 59.1 Å². The Bertz CT molecular complexity index is 1610. The summed E-state index contributed by atoms with van der Waals surface area (Å²) >= 11 is 19.5. The van der Waals surface area contributed by atoms with E-state index >= 15 is 0 Å². The number of ether oxygens (including phenoxy) is 2. The van der Waals surface area contributed by atoms with Gasteiger partial charge in [0.05, 0.1) is 33.3 Å². The fourth-order valence-corrected chi connectivity index (χ4v) is 5.13. The van der Waals surface area contributed by atoms with Crippen molar-refractivity contribution in [1.29, 1.82) is 0 Å². The lowest BCUT2D eigenvalue weighted by Gasteiger charge is -2.10. The highest BCUT2D eigenvalue weighted by Crippen LogP contribution is 2.46. The Morgan fingerprint density at radius 3 is 2.50 bits per heavy atom. The van der Waals surface area contributed by atoms with E-state index in [1.807, 2.05) is 13.1 Å². The van der Waals surface area contributed by atoms with Crippen LogP contribution in [0.1, 0.15) is 57.1 Å². The molecule has 0 unspecified atom stereocenters. The Morgan fingerprint density at radius 2 is 1.82 bits per heavy atom. The first-order valence-electron chi connectivity index (χ1n) is 12.6. The van der Waals surface area contributed by atoms with Crippen molar-refractivity contribution >= 4 is 40.8 Å². The molecule has 0 radical (unpaired) electrons. The van der Waals surface area contributed by atoms with Gasteiger partial charge in [-0.25, -0.2) is 4.79 Å². The van der Waals surface area contributed by atoms with Crippen LogP contribution < -0.4 is 10.1 Å². The van der Waals surface area contributed by atoms with E-state index in [0.29, 0.717) is 61.2 Å². The van der Waals surface area contributed by atoms with Gasteiger partial charge in [-0.3, -0.25) is 0 Å². The minimum Gasteiger partial charge on any atom is -0.489 e. The first-order chi connectivity index (χ1) is 19.4. The van der Waals surface area contributed by atoms with Crippen molar-refractivity contribution in [3.8, 4) is 28.8 Å². The fraction of sp³-hybridized carbons (Fsp3) is 0.226. The predicted octanol–water partition coefficient (Wildman–Crippen LogP) is 7.66. The highest BCUT2D eigenvalue weighted by molar-refractivity contribution is 6.39. The predicted molar refractivity (Wildman–Crippen MR) is 156 cm³/mol. The van der Waals surface area contributed by atoms with Gasteiger partial charge in [-0.1, -0.05) is 57.9 Å². The molecular weight excluding hydrogens is 571 g/mol. The molecular formula is C31H25Cl3N2O4. The summed E-state index contributed by atoms with van der Waals surface area (Å²) in [5, 5.41) is 8.80. The first kappa shape index (κ1) is 28.1. The van der Waals surface area contributed by atoms with Crippen molar-refractivity contribution in [2.24, 2.45) is 0 Å². The molecule has 0 amide bonds. The van der Waals surface area contributed by atoms with Crippen LogP contribution in [0, 0.1) is 11.8 Å². The summed E-state index contributed by atoms with van der Waals surface area (Å²) < 4.78 is 16.7. The van der Waals surface area contributed by atoms with Crippen molar-refractivity contribution in [2.75, 3.05) is 14.2 Å². The van der Waals surface area contributed by atoms with Crippen molar-refractivity contribution in [3.05, 3.63) is 103 Å². The highest BCUT2D eigenvalue weighted by atomic mass is 35.5. The molecule has 0 saturated heterocycles. The molecule has 1 aliphatic carbocycles. The minimum atomic E-state index is -0.418. The van der Waals surface area contributed by atoms with Crippen LogP contribution in [-0.4, -0.2) is 25.3 Å². The zero-order valence-corrected chi connectivity index (χ0v) is 24.1. The quantitative estimate of drug-likeness (QED) is 0.167. The van der Waals surface area contributed by atoms with Crippen molar-refractivity contribution < 1.29 is 18.8 Å². The Balaban J connectivity index is 1.37. The number of benzene rings is 3. The number of carbonyl (C=O) groups excluding carboxylic acids is 1. The van der Waals surface area contributed by atoms with E-state index in [9.17, 15) is 4.79 Å². The maximum atomic E-state index is 12.1. The summed E-state index contributed by atoms with van der Waals surface area (Å²) in [6.45, 7) is 0.799. The molecule has 0 aliphatic heterocycles. The van der Waals surface area contributed by atoms with E-state index in [2.05, 4.69) is 22.3 Å². The second-order valence-corrected chi connectivity index (χ2v) is 10.6. The fourth-order valence-electron chi connectivity index (χ4n) is 4.34. The molecule has 0 spiro atoms. The molecule has 1 N–H and O–H groups in total. The number of nitrogens with zero attached hydrogens (tertiary/aromatic N) is 1. The van der Waals surface area contributed by atoms with E-state index < -0.39 is 5.97 Å². The molecule has 0 atom stereocenters. The molecule has 0 bridgehead atoms. The molecule has 1 saturated carbocycles. The van der Waals surface area contributed by atoms with Crippen molar-refractivity contribution in [3.63, 3.8) is 0 Å². The second-order valence-electron chi connectivity index (χ2n) is 9.37. The molecule has 1 fully saturated rings. The summed E-state index contributed by atoms with van der Waals surface area (Å²) in [6.07, 6.45) is 2.08. The average molecular weight is 596 g/mol. The molecule has 9 heteroatoms. The molecule has 5 rings (SSSR count). The van der Waals surface area contributed by atoms with E-state index in [1.165, 1.54) is 7.11 Å². The van der Waals surface area contributed by atoms with Gasteiger partial charge in [0, 0.05) is 35.2 Å². The summed E-state index contributed by atoms with van der Waals surface area (Å²) in [7, 11) is 3.19. The van der Waals surface area contributed by atoms with Gasteiger partial charge in [0.25, 0.3) is 0 Å². The molecule has 3 aromatic carbocycles. The number of halogens is 3. The molecule has 1 aromatic heterocycles. The lowest BCUT2D eigenvalue weighted by atomic mass is 10.0. The lowest BCUT2D eigenvalue weighted by Crippen LogP contribution is -2.08. The zero-order chi connectivity index (χ0) is 28.2. The van der Waals surface area contributed by atoms with E-state index in [0.717, 1.165) is 29.7 Å². The molecule has 1 aliphatic rings. The third-order valence-corrected chi connectivity index (χ3v) is 7.37. The van der Waals surface area contributed by atoms with Gasteiger partial charge in [-0.2, -0.15) is 0 Å². The van der Waals surface area contributed by atoms with Crippen LogP contribution in [0.4, 0.5) is 0 Å². The van der Waals surface area contributed by atoms with Crippen LogP contribution in [0.5, 0.6) is 5.75 Å². The highest BCUT2D eigenvalue weighted by Gasteiger charge is 2.33. The lowest BCUT2D eigenvalue weighted by molar-refractivity contribution is 0.0600. The third kappa shape index (κ3) is 6.29. The number of carbonyl (C=O) groups is 1. The standard InChI is InChI=1S/C31H25Cl3N2O4/c1-35-16-19-12-18(13-22(14-19)31(37)38-2)6-7-20-10-11-23(15-27(20)34)39-17-24-29(36-40-30(24)21-8-9-21)28-25(32)4-3-5-26(28)33/h3-5,10-15,21,35H,8-9,16-17H2,1-2H3. The monoisotopic (exact) mass is 594 g/mol. The molecule has 204 valence electrons. The zero-order valence-electron chi connectivity index (χ0n) is 21.8. The van der Waals surface area contributed by atoms with Gasteiger partial charge < -0.3 is 19.3 Å². The SMILES string of the molecule is CNCc1cc(C#Cc2ccc(OCc3c(-c4c(Cl)cccc4Cl)noc3C3CC3)cc2Cl)cc(C(=O)OC)c1. The Morgan fingerprint density at radius 1 is 1.05 bits per heavy atom. The van der Waals surface area contributed by atoms with Crippen LogP contribution in [0.25, 0.3) is 11.3 Å². The summed E-state index contributed by atoms with van der Waals surface area (Å²) in [4.78, 5) is 12.1. The van der Waals surface area contributed by atoms with Gasteiger partial charge in [0.2, 0.25) is 0 Å². The van der Waals surface area contributed by atoms with Crippen molar-refractivity contribution in [1.82, 2.24) is 10.5 Å². The first-order valence-corrected chi connectivity index (χ1v) is 13.8. The van der Waals surface area contributed by atoms with Gasteiger partial charge in [0.1, 0.15) is 23.8 Å². The molecule has 1 heterocycles. The minimum absolute atomic E-state index is 0.210. The number of hydrogen-bond donors (Lipinski definition) is 1. The molecule has 4 aromatic rings. The van der Waals surface area contributed by atoms with Crippen molar-refractivity contribution in [2.45, 2.75) is 31.9 Å².